The first kappa shape index (κ1) is 14.5. The minimum Gasteiger partial charge on any atom is -0.467 e. The molecule has 0 aliphatic rings. The number of hydrogen-bond acceptors (Lipinski definition) is 4. The lowest BCUT2D eigenvalue weighted by atomic mass is 10.2. The van der Waals surface area contributed by atoms with Crippen molar-refractivity contribution in [3.63, 3.8) is 0 Å². The Morgan fingerprint density at radius 3 is 2.82 bits per heavy atom. The van der Waals surface area contributed by atoms with Gasteiger partial charge in [-0.1, -0.05) is 12.1 Å². The molecule has 3 rings (SSSR count). The van der Waals surface area contributed by atoms with Crippen molar-refractivity contribution in [1.82, 2.24) is 9.88 Å². The summed E-state index contributed by atoms with van der Waals surface area (Å²) in [6, 6.07) is 11.5. The van der Waals surface area contributed by atoms with E-state index in [1.54, 1.807) is 34.9 Å². The molecule has 3 aromatic heterocycles. The van der Waals surface area contributed by atoms with Crippen LogP contribution in [-0.2, 0) is 24.3 Å². The van der Waals surface area contributed by atoms with E-state index < -0.39 is 0 Å². The van der Waals surface area contributed by atoms with Crippen molar-refractivity contribution in [2.24, 2.45) is 0 Å². The van der Waals surface area contributed by atoms with Gasteiger partial charge in [0.1, 0.15) is 5.76 Å². The summed E-state index contributed by atoms with van der Waals surface area (Å²) in [6.45, 7) is 0.991. The lowest BCUT2D eigenvalue weighted by Gasteiger charge is -2.21. The van der Waals surface area contributed by atoms with E-state index in [1.165, 1.54) is 0 Å². The number of carbonyl (C=O) groups is 1. The quantitative estimate of drug-likeness (QED) is 0.700. The van der Waals surface area contributed by atoms with Crippen LogP contribution >= 0.6 is 11.3 Å². The van der Waals surface area contributed by atoms with E-state index >= 15 is 0 Å². The summed E-state index contributed by atoms with van der Waals surface area (Å²) in [7, 11) is 0. The lowest BCUT2D eigenvalue weighted by molar-refractivity contribution is -0.131. The van der Waals surface area contributed by atoms with Crippen molar-refractivity contribution in [1.29, 1.82) is 0 Å². The highest BCUT2D eigenvalue weighted by Crippen LogP contribution is 2.15. The van der Waals surface area contributed by atoms with Crippen LogP contribution in [0.1, 0.15) is 16.2 Å². The Labute approximate surface area is 133 Å². The average molecular weight is 312 g/mol. The van der Waals surface area contributed by atoms with Crippen LogP contribution < -0.4 is 0 Å². The third-order valence-electron chi connectivity index (χ3n) is 3.28. The molecule has 0 aliphatic heterocycles. The van der Waals surface area contributed by atoms with Gasteiger partial charge in [0.15, 0.2) is 0 Å². The molecule has 0 saturated carbocycles. The molecule has 0 aromatic carbocycles. The van der Waals surface area contributed by atoms with Gasteiger partial charge >= 0.3 is 0 Å². The van der Waals surface area contributed by atoms with Crippen LogP contribution in [0.3, 0.4) is 0 Å². The van der Waals surface area contributed by atoms with Gasteiger partial charge < -0.3 is 9.32 Å². The Morgan fingerprint density at radius 1 is 1.18 bits per heavy atom. The Hall–Kier alpha value is -2.40. The molecule has 1 amide bonds. The fourth-order valence-electron chi connectivity index (χ4n) is 2.21. The van der Waals surface area contributed by atoms with Gasteiger partial charge in [0.05, 0.1) is 19.2 Å². The third kappa shape index (κ3) is 3.83. The molecule has 112 valence electrons. The van der Waals surface area contributed by atoms with Crippen LogP contribution in [0.4, 0.5) is 0 Å². The second-order valence-electron chi connectivity index (χ2n) is 4.95. The molecular weight excluding hydrogens is 296 g/mol. The highest BCUT2D eigenvalue weighted by atomic mass is 32.1. The maximum absolute atomic E-state index is 12.6. The molecule has 5 heteroatoms. The van der Waals surface area contributed by atoms with Crippen molar-refractivity contribution < 1.29 is 9.21 Å². The fourth-order valence-corrected chi connectivity index (χ4v) is 2.90. The zero-order valence-corrected chi connectivity index (χ0v) is 12.8. The van der Waals surface area contributed by atoms with Crippen LogP contribution in [0.2, 0.25) is 0 Å². The van der Waals surface area contributed by atoms with E-state index in [-0.39, 0.29) is 5.91 Å². The Kier molecular flexibility index (Phi) is 4.65. The molecule has 0 saturated heterocycles. The summed E-state index contributed by atoms with van der Waals surface area (Å²) >= 11 is 1.60. The van der Waals surface area contributed by atoms with E-state index in [0.717, 1.165) is 16.2 Å². The summed E-state index contributed by atoms with van der Waals surface area (Å²) in [5.74, 6) is 0.867. The molecule has 0 fully saturated rings. The van der Waals surface area contributed by atoms with Gasteiger partial charge in [-0.3, -0.25) is 9.78 Å². The maximum Gasteiger partial charge on any atom is 0.228 e. The largest absolute Gasteiger partial charge is 0.467 e. The number of hydrogen-bond donors (Lipinski definition) is 0. The lowest BCUT2D eigenvalue weighted by Crippen LogP contribution is -2.31. The predicted octanol–water partition coefficient (Wildman–Crippen LogP) is 3.51. The minimum absolute atomic E-state index is 0.0858. The number of rotatable bonds is 6. The van der Waals surface area contributed by atoms with Crippen molar-refractivity contribution in [3.05, 3.63) is 76.6 Å². The van der Waals surface area contributed by atoms with Crippen LogP contribution in [-0.4, -0.2) is 15.8 Å². The molecule has 22 heavy (non-hydrogen) atoms. The first-order valence-electron chi connectivity index (χ1n) is 7.03. The summed E-state index contributed by atoms with van der Waals surface area (Å²) in [4.78, 5) is 19.6. The van der Waals surface area contributed by atoms with Gasteiger partial charge in [-0.15, -0.1) is 11.3 Å². The fraction of sp³-hybridized carbons (Fsp3) is 0.176. The van der Waals surface area contributed by atoms with Crippen LogP contribution in [0.5, 0.6) is 0 Å². The maximum atomic E-state index is 12.6. The summed E-state index contributed by atoms with van der Waals surface area (Å²) in [6.07, 6.45) is 5.56. The van der Waals surface area contributed by atoms with Crippen molar-refractivity contribution in [2.75, 3.05) is 0 Å². The second-order valence-corrected chi connectivity index (χ2v) is 5.98. The predicted molar refractivity (Wildman–Crippen MR) is 85.2 cm³/mol. The van der Waals surface area contributed by atoms with Crippen molar-refractivity contribution in [3.8, 4) is 0 Å². The molecule has 0 N–H and O–H groups in total. The molecular formula is C17H16N2O2S. The molecule has 3 aromatic rings. The second kappa shape index (κ2) is 7.04. The molecule has 0 unspecified atom stereocenters. The minimum atomic E-state index is 0.0858. The number of aromatic nitrogens is 1. The molecule has 3 heterocycles. The van der Waals surface area contributed by atoms with Crippen LogP contribution in [0, 0.1) is 0 Å². The summed E-state index contributed by atoms with van der Waals surface area (Å²) in [5, 5.41) is 1.99. The van der Waals surface area contributed by atoms with Gasteiger partial charge in [0.2, 0.25) is 5.91 Å². The van der Waals surface area contributed by atoms with E-state index in [1.807, 2.05) is 41.8 Å². The molecule has 0 atom stereocenters. The van der Waals surface area contributed by atoms with Crippen LogP contribution in [0.25, 0.3) is 0 Å². The monoisotopic (exact) mass is 312 g/mol. The zero-order chi connectivity index (χ0) is 15.2. The normalized spacial score (nSPS) is 10.5. The summed E-state index contributed by atoms with van der Waals surface area (Å²) < 4.78 is 5.38. The number of carbonyl (C=O) groups excluding carboxylic acids is 1. The number of furan rings is 1. The third-order valence-corrected chi connectivity index (χ3v) is 4.16. The summed E-state index contributed by atoms with van der Waals surface area (Å²) in [5.41, 5.74) is 1.01. The van der Waals surface area contributed by atoms with E-state index in [2.05, 4.69) is 4.98 Å². The topological polar surface area (TPSA) is 46.3 Å². The zero-order valence-electron chi connectivity index (χ0n) is 12.0. The first-order chi connectivity index (χ1) is 10.8. The van der Waals surface area contributed by atoms with Gasteiger partial charge in [-0.05, 0) is 35.2 Å². The number of nitrogens with zero attached hydrogens (tertiary/aromatic N) is 2. The highest BCUT2D eigenvalue weighted by molar-refractivity contribution is 7.10. The highest BCUT2D eigenvalue weighted by Gasteiger charge is 2.17. The van der Waals surface area contributed by atoms with Crippen molar-refractivity contribution in [2.45, 2.75) is 19.5 Å². The van der Waals surface area contributed by atoms with Gasteiger partial charge in [-0.25, -0.2) is 0 Å². The number of thiophene rings is 1. The molecule has 0 aliphatic carbocycles. The molecule has 0 spiro atoms. The van der Waals surface area contributed by atoms with Crippen LogP contribution in [0.15, 0.2) is 64.9 Å². The van der Waals surface area contributed by atoms with Gasteiger partial charge in [-0.2, -0.15) is 0 Å². The molecule has 0 bridgehead atoms. The average Bonchev–Trinajstić information content (AvgIpc) is 3.21. The first-order valence-corrected chi connectivity index (χ1v) is 7.90. The Morgan fingerprint density at radius 2 is 2.14 bits per heavy atom. The van der Waals surface area contributed by atoms with Gasteiger partial charge in [0, 0.05) is 23.8 Å². The van der Waals surface area contributed by atoms with E-state index in [9.17, 15) is 4.79 Å². The van der Waals surface area contributed by atoms with Gasteiger partial charge in [0.25, 0.3) is 0 Å². The Bertz CT molecular complexity index is 694. The molecule has 0 radical (unpaired) electrons. The SMILES string of the molecule is O=C(Cc1cccs1)N(Cc1cccnc1)Cc1ccco1. The van der Waals surface area contributed by atoms with Crippen molar-refractivity contribution >= 4 is 17.2 Å². The standard InChI is InChI=1S/C17H16N2O2S/c20-17(10-16-6-3-9-22-16)19(13-15-5-2-8-21-15)12-14-4-1-7-18-11-14/h1-9,11H,10,12-13H2. The van der Waals surface area contributed by atoms with E-state index in [0.29, 0.717) is 19.5 Å². The smallest absolute Gasteiger partial charge is 0.228 e. The number of amides is 1. The Balaban J connectivity index is 1.74. The molecule has 4 nitrogen and oxygen atoms in total. The van der Waals surface area contributed by atoms with E-state index in [4.69, 9.17) is 4.42 Å². The number of pyridine rings is 1.